The molecule has 2 nitrogen and oxygen atoms in total. The number of benzene rings is 2. The highest BCUT2D eigenvalue weighted by Gasteiger charge is 1.98. The zero-order valence-corrected chi connectivity index (χ0v) is 11.9. The van der Waals surface area contributed by atoms with Gasteiger partial charge in [0.1, 0.15) is 5.75 Å². The van der Waals surface area contributed by atoms with Gasteiger partial charge >= 0.3 is 0 Å². The van der Waals surface area contributed by atoms with E-state index in [9.17, 15) is 0 Å². The molecular weight excluding hydrogens is 290 g/mol. The van der Waals surface area contributed by atoms with Crippen LogP contribution in [0.25, 0.3) is 0 Å². The zero-order valence-electron chi connectivity index (χ0n) is 10.3. The average molecular weight is 306 g/mol. The van der Waals surface area contributed by atoms with E-state index < -0.39 is 0 Å². The van der Waals surface area contributed by atoms with Crippen molar-refractivity contribution in [2.24, 2.45) is 0 Å². The lowest BCUT2D eigenvalue weighted by atomic mass is 10.2. The molecule has 0 amide bonds. The van der Waals surface area contributed by atoms with Crippen molar-refractivity contribution in [2.45, 2.75) is 13.5 Å². The van der Waals surface area contributed by atoms with Gasteiger partial charge in [0.15, 0.2) is 0 Å². The van der Waals surface area contributed by atoms with Crippen molar-refractivity contribution in [3.8, 4) is 5.75 Å². The Bertz CT molecular complexity index is 496. The minimum Gasteiger partial charge on any atom is -0.494 e. The van der Waals surface area contributed by atoms with Crippen molar-refractivity contribution in [2.75, 3.05) is 11.9 Å². The summed E-state index contributed by atoms with van der Waals surface area (Å²) in [5.74, 6) is 0.919. The van der Waals surface area contributed by atoms with Gasteiger partial charge in [0.05, 0.1) is 6.61 Å². The summed E-state index contributed by atoms with van der Waals surface area (Å²) < 4.78 is 6.49. The molecule has 0 atom stereocenters. The van der Waals surface area contributed by atoms with E-state index in [0.717, 1.165) is 22.5 Å². The third-order valence-corrected chi connectivity index (χ3v) is 3.28. The van der Waals surface area contributed by atoms with Gasteiger partial charge in [0.25, 0.3) is 0 Å². The minimum absolute atomic E-state index is 0.703. The second-order valence-electron chi connectivity index (χ2n) is 3.91. The summed E-state index contributed by atoms with van der Waals surface area (Å²) in [7, 11) is 0. The van der Waals surface area contributed by atoms with Crippen LogP contribution in [-0.2, 0) is 6.54 Å². The fraction of sp³-hybridized carbons (Fsp3) is 0.200. The van der Waals surface area contributed by atoms with Crippen LogP contribution in [0.4, 0.5) is 5.69 Å². The first-order chi connectivity index (χ1) is 8.79. The topological polar surface area (TPSA) is 21.3 Å². The first-order valence-electron chi connectivity index (χ1n) is 5.99. The molecule has 0 heterocycles. The number of halogens is 1. The number of rotatable bonds is 5. The van der Waals surface area contributed by atoms with Crippen LogP contribution in [0, 0.1) is 0 Å². The summed E-state index contributed by atoms with van der Waals surface area (Å²) in [5, 5.41) is 3.39. The second-order valence-corrected chi connectivity index (χ2v) is 4.76. The van der Waals surface area contributed by atoms with Crippen LogP contribution >= 0.6 is 15.9 Å². The monoisotopic (exact) mass is 305 g/mol. The third kappa shape index (κ3) is 3.50. The minimum atomic E-state index is 0.703. The Hall–Kier alpha value is -1.48. The summed E-state index contributed by atoms with van der Waals surface area (Å²) in [4.78, 5) is 0. The quantitative estimate of drug-likeness (QED) is 0.880. The molecule has 0 unspecified atom stereocenters. The molecule has 94 valence electrons. The van der Waals surface area contributed by atoms with E-state index in [-0.39, 0.29) is 0 Å². The molecule has 0 radical (unpaired) electrons. The number of para-hydroxylation sites is 1. The van der Waals surface area contributed by atoms with Crippen molar-refractivity contribution in [3.05, 3.63) is 58.6 Å². The van der Waals surface area contributed by atoms with Gasteiger partial charge in [-0.25, -0.2) is 0 Å². The Labute approximate surface area is 116 Å². The van der Waals surface area contributed by atoms with Crippen LogP contribution in [0.5, 0.6) is 5.75 Å². The van der Waals surface area contributed by atoms with Crippen molar-refractivity contribution in [3.63, 3.8) is 0 Å². The highest BCUT2D eigenvalue weighted by atomic mass is 79.9. The Balaban J connectivity index is 1.96. The molecule has 0 fully saturated rings. The fourth-order valence-electron chi connectivity index (χ4n) is 1.67. The second kappa shape index (κ2) is 6.45. The molecule has 0 saturated carbocycles. The Morgan fingerprint density at radius 2 is 1.78 bits per heavy atom. The van der Waals surface area contributed by atoms with E-state index in [2.05, 4.69) is 39.4 Å². The molecule has 0 spiro atoms. The first kappa shape index (κ1) is 13.0. The van der Waals surface area contributed by atoms with Crippen molar-refractivity contribution in [1.82, 2.24) is 0 Å². The summed E-state index contributed by atoms with van der Waals surface area (Å²) in [6, 6.07) is 16.3. The maximum atomic E-state index is 5.41. The molecule has 2 rings (SSSR count). The van der Waals surface area contributed by atoms with E-state index in [1.807, 2.05) is 37.3 Å². The number of ether oxygens (including phenoxy) is 1. The predicted molar refractivity (Wildman–Crippen MR) is 79.1 cm³/mol. The van der Waals surface area contributed by atoms with Gasteiger partial charge in [-0.15, -0.1) is 0 Å². The Kier molecular flexibility index (Phi) is 4.65. The molecule has 0 aliphatic carbocycles. The van der Waals surface area contributed by atoms with Gasteiger partial charge in [-0.1, -0.05) is 24.3 Å². The maximum absolute atomic E-state index is 5.41. The van der Waals surface area contributed by atoms with Crippen molar-refractivity contribution >= 4 is 21.6 Å². The van der Waals surface area contributed by atoms with E-state index >= 15 is 0 Å². The van der Waals surface area contributed by atoms with Crippen LogP contribution in [0.15, 0.2) is 53.0 Å². The molecule has 0 bridgehead atoms. The lowest BCUT2D eigenvalue weighted by Gasteiger charge is -2.09. The van der Waals surface area contributed by atoms with Crippen LogP contribution < -0.4 is 10.1 Å². The van der Waals surface area contributed by atoms with Crippen LogP contribution in [0.1, 0.15) is 12.5 Å². The van der Waals surface area contributed by atoms with Crippen LogP contribution in [0.3, 0.4) is 0 Å². The summed E-state index contributed by atoms with van der Waals surface area (Å²) in [6.07, 6.45) is 0. The van der Waals surface area contributed by atoms with Gasteiger partial charge in [-0.05, 0) is 52.7 Å². The van der Waals surface area contributed by atoms with Crippen molar-refractivity contribution < 1.29 is 4.74 Å². The predicted octanol–water partition coefficient (Wildman–Crippen LogP) is 4.46. The summed E-state index contributed by atoms with van der Waals surface area (Å²) in [6.45, 7) is 3.49. The van der Waals surface area contributed by atoms with Crippen LogP contribution in [-0.4, -0.2) is 6.61 Å². The van der Waals surface area contributed by atoms with Crippen LogP contribution in [0.2, 0.25) is 0 Å². The van der Waals surface area contributed by atoms with E-state index in [0.29, 0.717) is 6.61 Å². The van der Waals surface area contributed by atoms with E-state index in [1.54, 1.807) is 0 Å². The highest BCUT2D eigenvalue weighted by Crippen LogP contribution is 2.22. The molecular formula is C15H16BrNO. The number of hydrogen-bond donors (Lipinski definition) is 1. The molecule has 18 heavy (non-hydrogen) atoms. The molecule has 0 aliphatic rings. The smallest absolute Gasteiger partial charge is 0.119 e. The SMILES string of the molecule is CCOc1ccc(CNc2ccccc2Br)cc1. The zero-order chi connectivity index (χ0) is 12.8. The Morgan fingerprint density at radius 3 is 2.44 bits per heavy atom. The molecule has 2 aromatic carbocycles. The number of nitrogens with one attached hydrogen (secondary N) is 1. The van der Waals surface area contributed by atoms with E-state index in [4.69, 9.17) is 4.74 Å². The molecule has 1 N–H and O–H groups in total. The molecule has 0 saturated heterocycles. The summed E-state index contributed by atoms with van der Waals surface area (Å²) >= 11 is 3.52. The van der Waals surface area contributed by atoms with Gasteiger partial charge < -0.3 is 10.1 Å². The molecule has 2 aromatic rings. The molecule has 0 aromatic heterocycles. The van der Waals surface area contributed by atoms with Gasteiger partial charge in [0.2, 0.25) is 0 Å². The lowest BCUT2D eigenvalue weighted by Crippen LogP contribution is -2.00. The van der Waals surface area contributed by atoms with Crippen molar-refractivity contribution in [1.29, 1.82) is 0 Å². The van der Waals surface area contributed by atoms with E-state index in [1.165, 1.54) is 5.56 Å². The van der Waals surface area contributed by atoms with Gasteiger partial charge in [-0.2, -0.15) is 0 Å². The maximum Gasteiger partial charge on any atom is 0.119 e. The average Bonchev–Trinajstić information content (AvgIpc) is 2.40. The lowest BCUT2D eigenvalue weighted by molar-refractivity contribution is 0.340. The summed E-state index contributed by atoms with van der Waals surface area (Å²) in [5.41, 5.74) is 2.33. The Morgan fingerprint density at radius 1 is 1.06 bits per heavy atom. The third-order valence-electron chi connectivity index (χ3n) is 2.59. The van der Waals surface area contributed by atoms with Gasteiger partial charge in [0, 0.05) is 16.7 Å². The number of hydrogen-bond acceptors (Lipinski definition) is 2. The first-order valence-corrected chi connectivity index (χ1v) is 6.79. The molecule has 0 aliphatic heterocycles. The number of anilines is 1. The normalized spacial score (nSPS) is 10.1. The highest BCUT2D eigenvalue weighted by molar-refractivity contribution is 9.10. The largest absolute Gasteiger partial charge is 0.494 e. The standard InChI is InChI=1S/C15H16BrNO/c1-2-18-13-9-7-12(8-10-13)11-17-15-6-4-3-5-14(15)16/h3-10,17H,2,11H2,1H3. The van der Waals surface area contributed by atoms with Gasteiger partial charge in [-0.3, -0.25) is 0 Å². The molecule has 3 heteroatoms. The fourth-order valence-corrected chi connectivity index (χ4v) is 2.10.